The van der Waals surface area contributed by atoms with Crippen LogP contribution in [0.25, 0.3) is 11.3 Å². The van der Waals surface area contributed by atoms with Gasteiger partial charge in [-0.1, -0.05) is 12.1 Å². The second-order valence-corrected chi connectivity index (χ2v) is 6.14. The van der Waals surface area contributed by atoms with Crippen LogP contribution in [0.3, 0.4) is 0 Å². The van der Waals surface area contributed by atoms with Gasteiger partial charge in [0.25, 0.3) is 0 Å². The Labute approximate surface area is 134 Å². The highest BCUT2D eigenvalue weighted by atomic mass is 19.1. The number of halogens is 1. The van der Waals surface area contributed by atoms with Crippen LogP contribution >= 0.6 is 0 Å². The van der Waals surface area contributed by atoms with E-state index in [1.54, 1.807) is 12.3 Å². The van der Waals surface area contributed by atoms with Crippen molar-refractivity contribution in [2.75, 3.05) is 19.7 Å². The third-order valence-corrected chi connectivity index (χ3v) is 4.59. The standard InChI is InChI=1S/C17H22FN3O2/c18-15-3-1-2-13(8-15)17-14(9-19-20-17)10-21-6-4-12(5-7-21)16(23)11-22/h1-3,8-9,12,16,22-23H,4-7,10-11H2,(H,19,20). The molecule has 5 nitrogen and oxygen atoms in total. The van der Waals surface area contributed by atoms with Crippen LogP contribution in [0.4, 0.5) is 4.39 Å². The van der Waals surface area contributed by atoms with Crippen LogP contribution in [0.5, 0.6) is 0 Å². The largest absolute Gasteiger partial charge is 0.394 e. The highest BCUT2D eigenvalue weighted by Crippen LogP contribution is 2.26. The van der Waals surface area contributed by atoms with E-state index in [0.717, 1.165) is 49.3 Å². The minimum atomic E-state index is -0.617. The van der Waals surface area contributed by atoms with E-state index in [2.05, 4.69) is 15.1 Å². The number of hydrogen-bond donors (Lipinski definition) is 3. The lowest BCUT2D eigenvalue weighted by molar-refractivity contribution is 0.0172. The molecule has 0 bridgehead atoms. The fourth-order valence-corrected chi connectivity index (χ4v) is 3.21. The lowest BCUT2D eigenvalue weighted by atomic mass is 9.91. The first-order chi connectivity index (χ1) is 11.2. The van der Waals surface area contributed by atoms with Crippen LogP contribution in [-0.4, -0.2) is 51.1 Å². The molecule has 2 heterocycles. The summed E-state index contributed by atoms with van der Waals surface area (Å²) in [6.45, 7) is 2.31. The van der Waals surface area contributed by atoms with Gasteiger partial charge in [0.2, 0.25) is 0 Å². The summed E-state index contributed by atoms with van der Waals surface area (Å²) in [6.07, 6.45) is 2.91. The van der Waals surface area contributed by atoms with Gasteiger partial charge >= 0.3 is 0 Å². The molecule has 3 N–H and O–H groups in total. The molecule has 1 aromatic heterocycles. The number of aromatic amines is 1. The average Bonchev–Trinajstić information content (AvgIpc) is 3.03. The molecule has 0 amide bonds. The van der Waals surface area contributed by atoms with E-state index in [1.807, 2.05) is 6.07 Å². The van der Waals surface area contributed by atoms with Gasteiger partial charge in [-0.3, -0.25) is 10.00 Å². The molecule has 124 valence electrons. The van der Waals surface area contributed by atoms with E-state index in [4.69, 9.17) is 5.11 Å². The SMILES string of the molecule is OCC(O)C1CCN(Cc2cn[nH]c2-c2cccc(F)c2)CC1. The van der Waals surface area contributed by atoms with Crippen molar-refractivity contribution in [2.45, 2.75) is 25.5 Å². The Morgan fingerprint density at radius 3 is 2.83 bits per heavy atom. The van der Waals surface area contributed by atoms with Gasteiger partial charge in [-0.15, -0.1) is 0 Å². The van der Waals surface area contributed by atoms with E-state index >= 15 is 0 Å². The zero-order valence-corrected chi connectivity index (χ0v) is 13.0. The number of aliphatic hydroxyl groups excluding tert-OH is 2. The monoisotopic (exact) mass is 319 g/mol. The smallest absolute Gasteiger partial charge is 0.123 e. The summed E-state index contributed by atoms with van der Waals surface area (Å²) in [7, 11) is 0. The second kappa shape index (κ2) is 7.21. The molecular formula is C17H22FN3O2. The Kier molecular flexibility index (Phi) is 5.05. The van der Waals surface area contributed by atoms with Crippen LogP contribution in [0, 0.1) is 11.7 Å². The number of piperidine rings is 1. The molecule has 1 atom stereocenters. The van der Waals surface area contributed by atoms with Crippen LogP contribution in [0.2, 0.25) is 0 Å². The molecule has 0 radical (unpaired) electrons. The molecule has 1 aliphatic rings. The van der Waals surface area contributed by atoms with Gasteiger partial charge in [-0.05, 0) is 44.0 Å². The summed E-state index contributed by atoms with van der Waals surface area (Å²) >= 11 is 0. The molecule has 3 rings (SSSR count). The summed E-state index contributed by atoms with van der Waals surface area (Å²) < 4.78 is 13.4. The molecule has 1 unspecified atom stereocenters. The van der Waals surface area contributed by atoms with Gasteiger partial charge in [0.1, 0.15) is 5.82 Å². The number of aliphatic hydroxyl groups is 2. The summed E-state index contributed by atoms with van der Waals surface area (Å²) in [5.41, 5.74) is 2.68. The van der Waals surface area contributed by atoms with Gasteiger partial charge in [0.15, 0.2) is 0 Å². The number of benzene rings is 1. The van der Waals surface area contributed by atoms with Gasteiger partial charge in [-0.2, -0.15) is 5.10 Å². The summed E-state index contributed by atoms with van der Waals surface area (Å²) in [5, 5.41) is 25.8. The number of nitrogens with zero attached hydrogens (tertiary/aromatic N) is 2. The number of rotatable bonds is 5. The third kappa shape index (κ3) is 3.77. The fourth-order valence-electron chi connectivity index (χ4n) is 3.21. The van der Waals surface area contributed by atoms with Crippen LogP contribution < -0.4 is 0 Å². The molecule has 2 aromatic rings. The molecule has 1 aliphatic heterocycles. The molecule has 6 heteroatoms. The zero-order chi connectivity index (χ0) is 16.2. The fraction of sp³-hybridized carbons (Fsp3) is 0.471. The van der Waals surface area contributed by atoms with E-state index < -0.39 is 6.10 Å². The average molecular weight is 319 g/mol. The van der Waals surface area contributed by atoms with Crippen LogP contribution in [-0.2, 0) is 6.54 Å². The molecule has 0 saturated carbocycles. The first kappa shape index (κ1) is 16.1. The van der Waals surface area contributed by atoms with Crippen molar-refractivity contribution in [1.82, 2.24) is 15.1 Å². The topological polar surface area (TPSA) is 72.4 Å². The quantitative estimate of drug-likeness (QED) is 0.785. The predicted molar refractivity (Wildman–Crippen MR) is 85.1 cm³/mol. The summed E-state index contributed by atoms with van der Waals surface area (Å²) in [5.74, 6) is -0.0925. The number of likely N-dealkylation sites (tertiary alicyclic amines) is 1. The number of aromatic nitrogens is 2. The Morgan fingerprint density at radius 1 is 1.35 bits per heavy atom. The molecular weight excluding hydrogens is 297 g/mol. The lowest BCUT2D eigenvalue weighted by Gasteiger charge is -2.33. The number of nitrogens with one attached hydrogen (secondary N) is 1. The van der Waals surface area contributed by atoms with Crippen molar-refractivity contribution >= 4 is 0 Å². The van der Waals surface area contributed by atoms with Crippen LogP contribution in [0.15, 0.2) is 30.5 Å². The molecule has 1 fully saturated rings. The van der Waals surface area contributed by atoms with Crippen molar-refractivity contribution in [2.24, 2.45) is 5.92 Å². The predicted octanol–water partition coefficient (Wildman–Crippen LogP) is 1.78. The molecule has 0 aliphatic carbocycles. The van der Waals surface area contributed by atoms with E-state index in [9.17, 15) is 9.50 Å². The van der Waals surface area contributed by atoms with E-state index in [-0.39, 0.29) is 18.3 Å². The maximum Gasteiger partial charge on any atom is 0.123 e. The Balaban J connectivity index is 1.65. The maximum atomic E-state index is 13.4. The third-order valence-electron chi connectivity index (χ3n) is 4.59. The van der Waals surface area contributed by atoms with Gasteiger partial charge in [-0.25, -0.2) is 4.39 Å². The first-order valence-electron chi connectivity index (χ1n) is 7.97. The minimum Gasteiger partial charge on any atom is -0.394 e. The van der Waals surface area contributed by atoms with Crippen molar-refractivity contribution in [3.05, 3.63) is 41.8 Å². The normalized spacial score (nSPS) is 18.2. The van der Waals surface area contributed by atoms with Gasteiger partial charge in [0, 0.05) is 17.7 Å². The van der Waals surface area contributed by atoms with Crippen LogP contribution in [0.1, 0.15) is 18.4 Å². The summed E-state index contributed by atoms with van der Waals surface area (Å²) in [4.78, 5) is 2.30. The van der Waals surface area contributed by atoms with Crippen molar-refractivity contribution < 1.29 is 14.6 Å². The molecule has 1 saturated heterocycles. The Morgan fingerprint density at radius 2 is 2.13 bits per heavy atom. The zero-order valence-electron chi connectivity index (χ0n) is 13.0. The Hall–Kier alpha value is -1.76. The van der Waals surface area contributed by atoms with E-state index in [1.165, 1.54) is 12.1 Å². The van der Waals surface area contributed by atoms with Gasteiger partial charge in [0.05, 0.1) is 24.6 Å². The number of H-pyrrole nitrogens is 1. The minimum absolute atomic E-state index is 0.170. The van der Waals surface area contributed by atoms with Gasteiger partial charge < -0.3 is 10.2 Å². The van der Waals surface area contributed by atoms with Crippen molar-refractivity contribution in [3.63, 3.8) is 0 Å². The second-order valence-electron chi connectivity index (χ2n) is 6.14. The summed E-state index contributed by atoms with van der Waals surface area (Å²) in [6, 6.07) is 6.48. The Bertz CT molecular complexity index is 638. The molecule has 1 aromatic carbocycles. The maximum absolute atomic E-state index is 13.4. The molecule has 0 spiro atoms. The van der Waals surface area contributed by atoms with Crippen molar-refractivity contribution in [3.8, 4) is 11.3 Å². The van der Waals surface area contributed by atoms with Crippen molar-refractivity contribution in [1.29, 1.82) is 0 Å². The number of hydrogen-bond acceptors (Lipinski definition) is 4. The lowest BCUT2D eigenvalue weighted by Crippen LogP contribution is -2.38. The molecule has 23 heavy (non-hydrogen) atoms. The highest BCUT2D eigenvalue weighted by molar-refractivity contribution is 5.62. The van der Waals surface area contributed by atoms with E-state index in [0.29, 0.717) is 0 Å². The highest BCUT2D eigenvalue weighted by Gasteiger charge is 2.25. The first-order valence-corrected chi connectivity index (χ1v) is 7.97.